The number of allylic oxidation sites excluding steroid dienone is 1. The van der Waals surface area contributed by atoms with E-state index in [4.69, 9.17) is 23.8 Å². The van der Waals surface area contributed by atoms with Gasteiger partial charge in [-0.25, -0.2) is 0 Å². The van der Waals surface area contributed by atoms with E-state index >= 15 is 0 Å². The summed E-state index contributed by atoms with van der Waals surface area (Å²) in [4.78, 5) is 23.0. The lowest BCUT2D eigenvalue weighted by Gasteiger charge is -2.30. The van der Waals surface area contributed by atoms with Gasteiger partial charge < -0.3 is 10.6 Å². The van der Waals surface area contributed by atoms with Crippen LogP contribution in [0, 0.1) is 15.5 Å². The number of thiocarbonyl (C=S) groups is 1. The van der Waals surface area contributed by atoms with Gasteiger partial charge in [0.1, 0.15) is 0 Å². The summed E-state index contributed by atoms with van der Waals surface area (Å²) in [5.41, 5.74) is 0.461. The number of amides is 1. The summed E-state index contributed by atoms with van der Waals surface area (Å²) in [6.45, 7) is 9.66. The average molecular weight is 384 g/mol. The molecular formula is C17H22ClN3O3S. The second kappa shape index (κ2) is 8.92. The lowest BCUT2D eigenvalue weighted by atomic mass is 9.76. The molecule has 0 aliphatic carbocycles. The van der Waals surface area contributed by atoms with Crippen molar-refractivity contribution < 1.29 is 9.72 Å². The van der Waals surface area contributed by atoms with Crippen LogP contribution in [0.1, 0.15) is 40.0 Å². The Morgan fingerprint density at radius 1 is 1.40 bits per heavy atom. The zero-order valence-electron chi connectivity index (χ0n) is 14.5. The number of nitro groups is 1. The highest BCUT2D eigenvalue weighted by molar-refractivity contribution is 7.80. The van der Waals surface area contributed by atoms with Gasteiger partial charge in [-0.2, -0.15) is 0 Å². The number of halogens is 1. The Morgan fingerprint density at radius 3 is 2.48 bits per heavy atom. The summed E-state index contributed by atoms with van der Waals surface area (Å²) in [5.74, 6) is -0.209. The van der Waals surface area contributed by atoms with E-state index in [-0.39, 0.29) is 27.4 Å². The zero-order chi connectivity index (χ0) is 19.2. The van der Waals surface area contributed by atoms with E-state index in [1.54, 1.807) is 0 Å². The number of carbonyl (C=O) groups is 1. The largest absolute Gasteiger partial charge is 0.331 e. The number of hydrogen-bond acceptors (Lipinski definition) is 4. The van der Waals surface area contributed by atoms with E-state index in [0.29, 0.717) is 19.3 Å². The molecule has 0 atom stereocenters. The van der Waals surface area contributed by atoms with Crippen LogP contribution >= 0.6 is 23.8 Å². The number of hydrogen-bond donors (Lipinski definition) is 2. The molecule has 6 nitrogen and oxygen atoms in total. The van der Waals surface area contributed by atoms with Crippen LogP contribution in [0.3, 0.4) is 0 Å². The quantitative estimate of drug-likeness (QED) is 0.305. The number of non-ortho nitro benzene ring substituents is 1. The van der Waals surface area contributed by atoms with Gasteiger partial charge in [0.05, 0.1) is 21.0 Å². The van der Waals surface area contributed by atoms with Crippen LogP contribution < -0.4 is 10.6 Å². The Balaban J connectivity index is 2.92. The van der Waals surface area contributed by atoms with E-state index in [2.05, 4.69) is 17.2 Å². The first-order valence-electron chi connectivity index (χ1n) is 7.86. The molecule has 1 amide bonds. The second-order valence-corrected chi connectivity index (χ2v) is 6.77. The zero-order valence-corrected chi connectivity index (χ0v) is 16.1. The van der Waals surface area contributed by atoms with Crippen LogP contribution in [0.25, 0.3) is 0 Å². The molecule has 1 aromatic carbocycles. The van der Waals surface area contributed by atoms with Gasteiger partial charge in [0, 0.05) is 12.1 Å². The standard InChI is InChI=1S/C17H22ClN3O3S/c1-5-17(6-2,10-11(3)4)15(22)20-16(25)19-14-9-12(21(23)24)7-8-13(14)18/h7-9H,3,5-6,10H2,1-2,4H3,(H2,19,20,22,25). The number of anilines is 1. The van der Waals surface area contributed by atoms with Crippen LogP contribution in [0.2, 0.25) is 5.02 Å². The third-order valence-corrected chi connectivity index (χ3v) is 4.65. The molecule has 1 rings (SSSR count). The van der Waals surface area contributed by atoms with Crippen molar-refractivity contribution in [2.24, 2.45) is 5.41 Å². The molecule has 0 saturated heterocycles. The first-order chi connectivity index (χ1) is 11.6. The summed E-state index contributed by atoms with van der Waals surface area (Å²) in [6, 6.07) is 3.96. The molecule has 25 heavy (non-hydrogen) atoms. The van der Waals surface area contributed by atoms with E-state index in [1.807, 2.05) is 20.8 Å². The molecule has 0 spiro atoms. The molecule has 1 aromatic rings. The molecule has 2 N–H and O–H groups in total. The SMILES string of the molecule is C=C(C)CC(CC)(CC)C(=O)NC(=S)Nc1cc([N+](=O)[O-])ccc1Cl. The summed E-state index contributed by atoms with van der Waals surface area (Å²) < 4.78 is 0. The van der Waals surface area contributed by atoms with Gasteiger partial charge in [-0.05, 0) is 44.5 Å². The van der Waals surface area contributed by atoms with Crippen LogP contribution in [-0.2, 0) is 4.79 Å². The highest BCUT2D eigenvalue weighted by atomic mass is 35.5. The van der Waals surface area contributed by atoms with Crippen molar-refractivity contribution in [1.82, 2.24) is 5.32 Å². The maximum atomic E-state index is 12.7. The maximum absolute atomic E-state index is 12.7. The third kappa shape index (κ3) is 5.51. The molecule has 136 valence electrons. The van der Waals surface area contributed by atoms with Gasteiger partial charge in [-0.3, -0.25) is 14.9 Å². The van der Waals surface area contributed by atoms with Gasteiger partial charge in [-0.15, -0.1) is 6.58 Å². The van der Waals surface area contributed by atoms with Crippen molar-refractivity contribution in [1.29, 1.82) is 0 Å². The second-order valence-electron chi connectivity index (χ2n) is 5.95. The lowest BCUT2D eigenvalue weighted by Crippen LogP contribution is -2.45. The van der Waals surface area contributed by atoms with Crippen molar-refractivity contribution in [3.63, 3.8) is 0 Å². The first kappa shape index (κ1) is 21.1. The molecule has 0 aromatic heterocycles. The molecule has 0 aliphatic heterocycles. The highest BCUT2D eigenvalue weighted by Gasteiger charge is 2.35. The molecule has 0 bridgehead atoms. The Kier molecular flexibility index (Phi) is 7.51. The van der Waals surface area contributed by atoms with E-state index in [9.17, 15) is 14.9 Å². The molecule has 0 heterocycles. The first-order valence-corrected chi connectivity index (χ1v) is 8.64. The summed E-state index contributed by atoms with van der Waals surface area (Å²) >= 11 is 11.2. The normalized spacial score (nSPS) is 10.9. The molecule has 0 saturated carbocycles. The van der Waals surface area contributed by atoms with Gasteiger partial charge in [0.25, 0.3) is 5.69 Å². The van der Waals surface area contributed by atoms with Crippen molar-refractivity contribution in [2.45, 2.75) is 40.0 Å². The lowest BCUT2D eigenvalue weighted by molar-refractivity contribution is -0.384. The monoisotopic (exact) mass is 383 g/mol. The van der Waals surface area contributed by atoms with Gasteiger partial charge in [0.2, 0.25) is 5.91 Å². The van der Waals surface area contributed by atoms with Crippen LogP contribution in [0.4, 0.5) is 11.4 Å². The van der Waals surface area contributed by atoms with E-state index < -0.39 is 10.3 Å². The summed E-state index contributed by atoms with van der Waals surface area (Å²) in [6.07, 6.45) is 1.84. The predicted molar refractivity (Wildman–Crippen MR) is 105 cm³/mol. The number of nitro benzene ring substituents is 1. The number of nitrogens with zero attached hydrogens (tertiary/aromatic N) is 1. The Bertz CT molecular complexity index is 702. The Morgan fingerprint density at radius 2 is 2.00 bits per heavy atom. The van der Waals surface area contributed by atoms with Gasteiger partial charge in [0.15, 0.2) is 5.11 Å². The molecule has 0 fully saturated rings. The highest BCUT2D eigenvalue weighted by Crippen LogP contribution is 2.34. The fraction of sp³-hybridized carbons (Fsp3) is 0.412. The summed E-state index contributed by atoms with van der Waals surface area (Å²) in [5, 5.41) is 16.6. The molecule has 0 radical (unpaired) electrons. The number of nitrogens with one attached hydrogen (secondary N) is 2. The fourth-order valence-corrected chi connectivity index (χ4v) is 2.96. The Labute approximate surface area is 157 Å². The van der Waals surface area contributed by atoms with Gasteiger partial charge in [-0.1, -0.05) is 31.0 Å². The van der Waals surface area contributed by atoms with Crippen LogP contribution in [-0.4, -0.2) is 15.9 Å². The minimum atomic E-state index is -0.593. The third-order valence-electron chi connectivity index (χ3n) is 4.11. The average Bonchev–Trinajstić information content (AvgIpc) is 2.54. The van der Waals surface area contributed by atoms with Crippen molar-refractivity contribution >= 4 is 46.2 Å². The maximum Gasteiger partial charge on any atom is 0.271 e. The van der Waals surface area contributed by atoms with Crippen LogP contribution in [0.5, 0.6) is 0 Å². The summed E-state index contributed by atoms with van der Waals surface area (Å²) in [7, 11) is 0. The number of carbonyl (C=O) groups excluding carboxylic acids is 1. The molecule has 8 heteroatoms. The van der Waals surface area contributed by atoms with Crippen molar-refractivity contribution in [3.8, 4) is 0 Å². The van der Waals surface area contributed by atoms with E-state index in [1.165, 1.54) is 18.2 Å². The van der Waals surface area contributed by atoms with Crippen molar-refractivity contribution in [3.05, 3.63) is 45.5 Å². The number of rotatable bonds is 7. The minimum Gasteiger partial charge on any atom is -0.331 e. The predicted octanol–water partition coefficient (Wildman–Crippen LogP) is 4.83. The number of benzene rings is 1. The fourth-order valence-electron chi connectivity index (χ4n) is 2.59. The van der Waals surface area contributed by atoms with E-state index in [0.717, 1.165) is 5.57 Å². The minimum absolute atomic E-state index is 0.0420. The topological polar surface area (TPSA) is 84.3 Å². The van der Waals surface area contributed by atoms with Crippen LogP contribution in [0.15, 0.2) is 30.4 Å². The van der Waals surface area contributed by atoms with Gasteiger partial charge >= 0.3 is 0 Å². The molecule has 0 aliphatic rings. The Hall–Kier alpha value is -1.99. The molecule has 0 unspecified atom stereocenters. The molecular weight excluding hydrogens is 362 g/mol. The smallest absolute Gasteiger partial charge is 0.271 e. The van der Waals surface area contributed by atoms with Crippen molar-refractivity contribution in [2.75, 3.05) is 5.32 Å².